The van der Waals surface area contributed by atoms with E-state index >= 15 is 0 Å². The number of nitro groups is 1. The number of anilines is 1. The van der Waals surface area contributed by atoms with Gasteiger partial charge in [-0.05, 0) is 45.2 Å². The highest BCUT2D eigenvalue weighted by atomic mass is 32.2. The number of hydrogen-bond donors (Lipinski definition) is 1. The molecule has 0 amide bonds. The van der Waals surface area contributed by atoms with Gasteiger partial charge in [0.25, 0.3) is 5.69 Å². The third kappa shape index (κ3) is 6.15. The van der Waals surface area contributed by atoms with Crippen LogP contribution in [0.15, 0.2) is 23.1 Å². The molecule has 0 bridgehead atoms. The van der Waals surface area contributed by atoms with E-state index in [1.807, 2.05) is 13.8 Å². The molecule has 1 aliphatic heterocycles. The van der Waals surface area contributed by atoms with Gasteiger partial charge in [0, 0.05) is 32.3 Å². The predicted molar refractivity (Wildman–Crippen MR) is 105 cm³/mol. The van der Waals surface area contributed by atoms with Gasteiger partial charge in [-0.1, -0.05) is 12.8 Å². The first-order valence-electron chi connectivity index (χ1n) is 9.46. The maximum Gasteiger partial charge on any atom is 0.293 e. The van der Waals surface area contributed by atoms with Crippen molar-refractivity contribution in [3.63, 3.8) is 0 Å². The lowest BCUT2D eigenvalue weighted by Crippen LogP contribution is -2.32. The number of benzene rings is 1. The number of nitrogens with one attached hydrogen (secondary N) is 1. The summed E-state index contributed by atoms with van der Waals surface area (Å²) in [7, 11) is -3.72. The van der Waals surface area contributed by atoms with Gasteiger partial charge in [0.15, 0.2) is 0 Å². The lowest BCUT2D eigenvalue weighted by atomic mass is 10.2. The van der Waals surface area contributed by atoms with Crippen molar-refractivity contribution in [3.8, 4) is 0 Å². The van der Waals surface area contributed by atoms with Crippen LogP contribution in [0.25, 0.3) is 0 Å². The summed E-state index contributed by atoms with van der Waals surface area (Å²) < 4.78 is 32.6. The van der Waals surface area contributed by atoms with Crippen LogP contribution in [0.1, 0.15) is 46.0 Å². The van der Waals surface area contributed by atoms with Crippen LogP contribution in [-0.2, 0) is 14.8 Å². The molecule has 1 aromatic rings. The largest absolute Gasteiger partial charge is 0.379 e. The molecule has 0 spiro atoms. The van der Waals surface area contributed by atoms with Crippen LogP contribution in [0.3, 0.4) is 0 Å². The molecule has 8 nitrogen and oxygen atoms in total. The van der Waals surface area contributed by atoms with Gasteiger partial charge < -0.3 is 10.1 Å². The Labute approximate surface area is 161 Å². The van der Waals surface area contributed by atoms with Gasteiger partial charge >= 0.3 is 0 Å². The quantitative estimate of drug-likeness (QED) is 0.388. The van der Waals surface area contributed by atoms with E-state index in [9.17, 15) is 18.5 Å². The van der Waals surface area contributed by atoms with Crippen molar-refractivity contribution >= 4 is 21.4 Å². The van der Waals surface area contributed by atoms with Crippen LogP contribution in [-0.4, -0.2) is 50.0 Å². The molecule has 152 valence electrons. The van der Waals surface area contributed by atoms with E-state index in [1.165, 1.54) is 16.4 Å². The molecule has 0 aromatic heterocycles. The Bertz CT molecular complexity index is 729. The standard InChI is InChI=1S/C18H29N3O5S/c1-15(2)26-13-7-10-19-17-9-8-16(14-18(17)21(22)23)27(24,25)20-11-5-3-4-6-12-20/h8-9,14-15,19H,3-7,10-13H2,1-2H3. The molecule has 1 N–H and O–H groups in total. The molecule has 1 heterocycles. The number of sulfonamides is 1. The van der Waals surface area contributed by atoms with E-state index in [-0.39, 0.29) is 16.7 Å². The summed E-state index contributed by atoms with van der Waals surface area (Å²) in [5.74, 6) is 0. The minimum absolute atomic E-state index is 0.0233. The SMILES string of the molecule is CC(C)OCCCNc1ccc(S(=O)(=O)N2CCCCCC2)cc1[N+](=O)[O-]. The van der Waals surface area contributed by atoms with Crippen LogP contribution >= 0.6 is 0 Å². The van der Waals surface area contributed by atoms with Crippen molar-refractivity contribution in [2.75, 3.05) is 31.6 Å². The maximum absolute atomic E-state index is 12.9. The molecule has 0 radical (unpaired) electrons. The average Bonchev–Trinajstić information content (AvgIpc) is 2.91. The smallest absolute Gasteiger partial charge is 0.293 e. The minimum atomic E-state index is -3.72. The topological polar surface area (TPSA) is 102 Å². The Balaban J connectivity index is 2.12. The summed E-state index contributed by atoms with van der Waals surface area (Å²) in [4.78, 5) is 10.9. The zero-order valence-electron chi connectivity index (χ0n) is 16.0. The van der Waals surface area contributed by atoms with Crippen molar-refractivity contribution in [3.05, 3.63) is 28.3 Å². The van der Waals surface area contributed by atoms with Gasteiger partial charge in [-0.15, -0.1) is 0 Å². The van der Waals surface area contributed by atoms with Crippen molar-refractivity contribution in [1.82, 2.24) is 4.31 Å². The fraction of sp³-hybridized carbons (Fsp3) is 0.667. The normalized spacial score (nSPS) is 16.3. The first-order chi connectivity index (χ1) is 12.8. The van der Waals surface area contributed by atoms with Crippen LogP contribution in [0.4, 0.5) is 11.4 Å². The second-order valence-corrected chi connectivity index (χ2v) is 8.89. The fourth-order valence-electron chi connectivity index (χ4n) is 3.02. The van der Waals surface area contributed by atoms with Crippen molar-refractivity contribution in [2.24, 2.45) is 0 Å². The van der Waals surface area contributed by atoms with E-state index in [2.05, 4.69) is 5.32 Å². The van der Waals surface area contributed by atoms with Crippen LogP contribution < -0.4 is 5.32 Å². The zero-order chi connectivity index (χ0) is 19.9. The van der Waals surface area contributed by atoms with E-state index < -0.39 is 14.9 Å². The lowest BCUT2D eigenvalue weighted by Gasteiger charge is -2.20. The first-order valence-corrected chi connectivity index (χ1v) is 10.9. The second-order valence-electron chi connectivity index (χ2n) is 6.95. The van der Waals surface area contributed by atoms with Crippen molar-refractivity contribution in [2.45, 2.75) is 57.0 Å². The van der Waals surface area contributed by atoms with Gasteiger partial charge in [-0.25, -0.2) is 8.42 Å². The molecular weight excluding hydrogens is 370 g/mol. The summed E-state index contributed by atoms with van der Waals surface area (Å²) >= 11 is 0. The van der Waals surface area contributed by atoms with E-state index in [4.69, 9.17) is 4.74 Å². The van der Waals surface area contributed by atoms with Gasteiger partial charge in [-0.2, -0.15) is 4.31 Å². The van der Waals surface area contributed by atoms with Crippen molar-refractivity contribution < 1.29 is 18.1 Å². The Kier molecular flexibility index (Phi) is 8.00. The van der Waals surface area contributed by atoms with E-state index in [0.29, 0.717) is 38.3 Å². The van der Waals surface area contributed by atoms with Gasteiger partial charge in [-0.3, -0.25) is 10.1 Å². The van der Waals surface area contributed by atoms with Gasteiger partial charge in [0.1, 0.15) is 5.69 Å². The Morgan fingerprint density at radius 3 is 2.48 bits per heavy atom. The summed E-state index contributed by atoms with van der Waals surface area (Å²) in [5, 5.41) is 14.4. The Morgan fingerprint density at radius 2 is 1.89 bits per heavy atom. The highest BCUT2D eigenvalue weighted by Crippen LogP contribution is 2.29. The maximum atomic E-state index is 12.9. The molecule has 27 heavy (non-hydrogen) atoms. The number of hydrogen-bond acceptors (Lipinski definition) is 6. The molecule has 2 rings (SSSR count). The molecule has 1 saturated heterocycles. The molecule has 0 unspecified atom stereocenters. The molecule has 1 fully saturated rings. The molecule has 0 atom stereocenters. The third-order valence-corrected chi connectivity index (χ3v) is 6.35. The molecular formula is C18H29N3O5S. The monoisotopic (exact) mass is 399 g/mol. The Hall–Kier alpha value is -1.71. The van der Waals surface area contributed by atoms with Crippen LogP contribution in [0, 0.1) is 10.1 Å². The molecule has 1 aromatic carbocycles. The fourth-order valence-corrected chi connectivity index (χ4v) is 4.56. The summed E-state index contributed by atoms with van der Waals surface area (Å²) in [6.45, 7) is 5.88. The summed E-state index contributed by atoms with van der Waals surface area (Å²) in [6.07, 6.45) is 4.50. The summed E-state index contributed by atoms with van der Waals surface area (Å²) in [6, 6.07) is 4.08. The summed E-state index contributed by atoms with van der Waals surface area (Å²) in [5.41, 5.74) is 0.0926. The zero-order valence-corrected chi connectivity index (χ0v) is 16.8. The van der Waals surface area contributed by atoms with E-state index in [0.717, 1.165) is 31.7 Å². The lowest BCUT2D eigenvalue weighted by molar-refractivity contribution is -0.384. The number of nitrogens with zero attached hydrogens (tertiary/aromatic N) is 2. The minimum Gasteiger partial charge on any atom is -0.379 e. The molecule has 0 saturated carbocycles. The average molecular weight is 400 g/mol. The van der Waals surface area contributed by atoms with Gasteiger partial charge in [0.2, 0.25) is 10.0 Å². The predicted octanol–water partition coefficient (Wildman–Crippen LogP) is 3.39. The molecule has 9 heteroatoms. The molecule has 0 aliphatic carbocycles. The van der Waals surface area contributed by atoms with E-state index in [1.54, 1.807) is 0 Å². The number of ether oxygens (including phenoxy) is 1. The van der Waals surface area contributed by atoms with Crippen LogP contribution in [0.5, 0.6) is 0 Å². The van der Waals surface area contributed by atoms with Gasteiger partial charge in [0.05, 0.1) is 15.9 Å². The molecule has 1 aliphatic rings. The Morgan fingerprint density at radius 1 is 1.22 bits per heavy atom. The second kappa shape index (κ2) is 10.0. The highest BCUT2D eigenvalue weighted by Gasteiger charge is 2.27. The number of rotatable bonds is 9. The highest BCUT2D eigenvalue weighted by molar-refractivity contribution is 7.89. The van der Waals surface area contributed by atoms with Crippen LogP contribution in [0.2, 0.25) is 0 Å². The first kappa shape index (κ1) is 21.6. The third-order valence-electron chi connectivity index (χ3n) is 4.46. The number of nitro benzene ring substituents is 1. The van der Waals surface area contributed by atoms with Crippen molar-refractivity contribution in [1.29, 1.82) is 0 Å².